The molecule has 1 heterocycles. The Morgan fingerprint density at radius 2 is 2.15 bits per heavy atom. The van der Waals surface area contributed by atoms with Gasteiger partial charge in [-0.05, 0) is 32.9 Å². The second-order valence-electron chi connectivity index (χ2n) is 5.15. The first-order valence-corrected chi connectivity index (χ1v) is 6.26. The molecule has 20 heavy (non-hydrogen) atoms. The van der Waals surface area contributed by atoms with Gasteiger partial charge in [-0.15, -0.1) is 10.2 Å². The fraction of sp³-hybridized carbons (Fsp3) is 0.357. The molecule has 0 radical (unpaired) electrons. The topological polar surface area (TPSA) is 88.2 Å². The summed E-state index contributed by atoms with van der Waals surface area (Å²) in [4.78, 5) is 11.0. The Morgan fingerprint density at radius 3 is 2.80 bits per heavy atom. The monoisotopic (exact) mass is 275 g/mol. The fourth-order valence-electron chi connectivity index (χ4n) is 1.59. The minimum Gasteiger partial charge on any atom is -0.480 e. The lowest BCUT2D eigenvalue weighted by molar-refractivity contribution is -0.143. The van der Waals surface area contributed by atoms with Crippen LogP contribution in [0.15, 0.2) is 28.7 Å². The summed E-state index contributed by atoms with van der Waals surface area (Å²) in [5.41, 5.74) is 0.909. The molecule has 0 saturated heterocycles. The lowest BCUT2D eigenvalue weighted by atomic mass is 10.1. The quantitative estimate of drug-likeness (QED) is 0.867. The van der Waals surface area contributed by atoms with Crippen molar-refractivity contribution in [1.82, 2.24) is 15.5 Å². The molecule has 0 aliphatic heterocycles. The van der Waals surface area contributed by atoms with Gasteiger partial charge in [0.15, 0.2) is 0 Å². The Labute approximate surface area is 116 Å². The highest BCUT2D eigenvalue weighted by molar-refractivity contribution is 5.77. The molecule has 0 bridgehead atoms. The molecule has 0 unspecified atom stereocenters. The third kappa shape index (κ3) is 3.21. The highest BCUT2D eigenvalue weighted by Gasteiger charge is 2.26. The van der Waals surface area contributed by atoms with Crippen molar-refractivity contribution in [3.63, 3.8) is 0 Å². The van der Waals surface area contributed by atoms with E-state index >= 15 is 0 Å². The van der Waals surface area contributed by atoms with Crippen molar-refractivity contribution in [2.75, 3.05) is 0 Å². The number of benzene rings is 1. The predicted molar refractivity (Wildman–Crippen MR) is 73.0 cm³/mol. The van der Waals surface area contributed by atoms with Crippen LogP contribution in [0.5, 0.6) is 0 Å². The first kappa shape index (κ1) is 14.2. The summed E-state index contributed by atoms with van der Waals surface area (Å²) in [7, 11) is 0. The normalized spacial score (nSPS) is 11.6. The second-order valence-corrected chi connectivity index (χ2v) is 5.15. The molecule has 0 aliphatic rings. The second kappa shape index (κ2) is 5.42. The van der Waals surface area contributed by atoms with E-state index in [0.29, 0.717) is 11.8 Å². The maximum absolute atomic E-state index is 11.0. The van der Waals surface area contributed by atoms with E-state index in [0.717, 1.165) is 11.1 Å². The largest absolute Gasteiger partial charge is 0.480 e. The average molecular weight is 275 g/mol. The maximum atomic E-state index is 11.0. The van der Waals surface area contributed by atoms with Crippen molar-refractivity contribution >= 4 is 5.97 Å². The molecule has 0 aliphatic carbocycles. The van der Waals surface area contributed by atoms with Gasteiger partial charge in [-0.25, -0.2) is 0 Å². The van der Waals surface area contributed by atoms with Crippen LogP contribution in [0.2, 0.25) is 0 Å². The number of carboxylic acid groups (broad SMARTS) is 1. The van der Waals surface area contributed by atoms with Crippen LogP contribution in [0, 0.1) is 6.92 Å². The molecule has 0 atom stereocenters. The first-order chi connectivity index (χ1) is 9.38. The van der Waals surface area contributed by atoms with Gasteiger partial charge in [0.05, 0.1) is 6.54 Å². The summed E-state index contributed by atoms with van der Waals surface area (Å²) in [6.07, 6.45) is 0. The van der Waals surface area contributed by atoms with Crippen LogP contribution in [-0.2, 0) is 11.3 Å². The minimum atomic E-state index is -1.04. The first-order valence-electron chi connectivity index (χ1n) is 6.26. The number of aliphatic carboxylic acids is 1. The standard InChI is InChI=1S/C14H17N3O3/c1-9-5-4-6-10(7-9)12-17-16-11(20-12)8-15-14(2,3)13(18)19/h4-7,15H,8H2,1-3H3,(H,18,19). The molecule has 6 nitrogen and oxygen atoms in total. The van der Waals surface area contributed by atoms with E-state index in [1.165, 1.54) is 0 Å². The zero-order chi connectivity index (χ0) is 14.8. The number of carbonyl (C=O) groups is 1. The summed E-state index contributed by atoms with van der Waals surface area (Å²) in [6, 6.07) is 7.74. The van der Waals surface area contributed by atoms with Crippen molar-refractivity contribution < 1.29 is 14.3 Å². The average Bonchev–Trinajstić information content (AvgIpc) is 2.85. The van der Waals surface area contributed by atoms with Gasteiger partial charge in [-0.3, -0.25) is 10.1 Å². The van der Waals surface area contributed by atoms with Crippen molar-refractivity contribution in [1.29, 1.82) is 0 Å². The van der Waals surface area contributed by atoms with Crippen molar-refractivity contribution in [3.8, 4) is 11.5 Å². The molecule has 1 aromatic carbocycles. The molecule has 106 valence electrons. The molecule has 6 heteroatoms. The van der Waals surface area contributed by atoms with Gasteiger partial charge >= 0.3 is 5.97 Å². The van der Waals surface area contributed by atoms with E-state index in [1.54, 1.807) is 13.8 Å². The molecular formula is C14H17N3O3. The van der Waals surface area contributed by atoms with Crippen LogP contribution in [0.4, 0.5) is 0 Å². The van der Waals surface area contributed by atoms with Crippen molar-refractivity contribution in [3.05, 3.63) is 35.7 Å². The van der Waals surface area contributed by atoms with Crippen LogP contribution in [0.25, 0.3) is 11.5 Å². The van der Waals surface area contributed by atoms with Gasteiger partial charge in [0.1, 0.15) is 5.54 Å². The lowest BCUT2D eigenvalue weighted by Crippen LogP contribution is -2.46. The number of hydrogen-bond donors (Lipinski definition) is 2. The molecular weight excluding hydrogens is 258 g/mol. The van der Waals surface area contributed by atoms with E-state index in [1.807, 2.05) is 31.2 Å². The smallest absolute Gasteiger partial charge is 0.323 e. The summed E-state index contributed by atoms with van der Waals surface area (Å²) < 4.78 is 5.52. The maximum Gasteiger partial charge on any atom is 0.323 e. The van der Waals surface area contributed by atoms with Crippen LogP contribution >= 0.6 is 0 Å². The Bertz CT molecular complexity index is 620. The molecule has 1 aromatic heterocycles. The fourth-order valence-corrected chi connectivity index (χ4v) is 1.59. The number of aryl methyl sites for hydroxylation is 1. The number of rotatable bonds is 5. The molecule has 2 rings (SSSR count). The van der Waals surface area contributed by atoms with Gasteiger partial charge in [-0.2, -0.15) is 0 Å². The highest BCUT2D eigenvalue weighted by Crippen LogP contribution is 2.19. The van der Waals surface area contributed by atoms with Gasteiger partial charge in [0.2, 0.25) is 11.8 Å². The molecule has 0 spiro atoms. The van der Waals surface area contributed by atoms with Gasteiger partial charge in [0, 0.05) is 5.56 Å². The third-order valence-electron chi connectivity index (χ3n) is 2.95. The van der Waals surface area contributed by atoms with Gasteiger partial charge < -0.3 is 9.52 Å². The van der Waals surface area contributed by atoms with Crippen LogP contribution in [0.1, 0.15) is 25.3 Å². The van der Waals surface area contributed by atoms with Crippen LogP contribution in [0.3, 0.4) is 0 Å². The number of nitrogens with zero attached hydrogens (tertiary/aromatic N) is 2. The molecule has 0 saturated carbocycles. The number of nitrogens with one attached hydrogen (secondary N) is 1. The van der Waals surface area contributed by atoms with Gasteiger partial charge in [0.25, 0.3) is 0 Å². The summed E-state index contributed by atoms with van der Waals surface area (Å²) in [5, 5.41) is 19.7. The van der Waals surface area contributed by atoms with Crippen molar-refractivity contribution in [2.45, 2.75) is 32.9 Å². The highest BCUT2D eigenvalue weighted by atomic mass is 16.4. The summed E-state index contributed by atoms with van der Waals surface area (Å²) >= 11 is 0. The van der Waals surface area contributed by atoms with Crippen LogP contribution < -0.4 is 5.32 Å². The number of aromatic nitrogens is 2. The van der Waals surface area contributed by atoms with E-state index in [4.69, 9.17) is 9.52 Å². The van der Waals surface area contributed by atoms with E-state index in [-0.39, 0.29) is 6.54 Å². The Morgan fingerprint density at radius 1 is 1.40 bits per heavy atom. The van der Waals surface area contributed by atoms with Gasteiger partial charge in [-0.1, -0.05) is 17.7 Å². The Balaban J connectivity index is 2.08. The predicted octanol–water partition coefficient (Wildman–Crippen LogP) is 2.00. The SMILES string of the molecule is Cc1cccc(-c2nnc(CNC(C)(C)C(=O)O)o2)c1. The van der Waals surface area contributed by atoms with Crippen molar-refractivity contribution in [2.24, 2.45) is 0 Å². The molecule has 0 amide bonds. The zero-order valence-corrected chi connectivity index (χ0v) is 11.7. The van der Waals surface area contributed by atoms with Crippen LogP contribution in [-0.4, -0.2) is 26.8 Å². The van der Waals surface area contributed by atoms with E-state index in [9.17, 15) is 4.79 Å². The summed E-state index contributed by atoms with van der Waals surface area (Å²) in [6.45, 7) is 5.34. The van der Waals surface area contributed by atoms with E-state index in [2.05, 4.69) is 15.5 Å². The van der Waals surface area contributed by atoms with E-state index < -0.39 is 11.5 Å². The Kier molecular flexibility index (Phi) is 3.85. The third-order valence-corrected chi connectivity index (χ3v) is 2.95. The number of hydrogen-bond acceptors (Lipinski definition) is 5. The Hall–Kier alpha value is -2.21. The molecule has 2 aromatic rings. The summed E-state index contributed by atoms with van der Waals surface area (Å²) in [5.74, 6) is -0.148. The lowest BCUT2D eigenvalue weighted by Gasteiger charge is -2.19. The molecule has 0 fully saturated rings. The molecule has 2 N–H and O–H groups in total. The minimum absolute atomic E-state index is 0.206. The zero-order valence-electron chi connectivity index (χ0n) is 11.7. The number of carboxylic acids is 1.